The molecule has 0 radical (unpaired) electrons. The van der Waals surface area contributed by atoms with Gasteiger partial charge in [-0.1, -0.05) is 6.07 Å². The molecule has 0 unspecified atom stereocenters. The lowest BCUT2D eigenvalue weighted by Crippen LogP contribution is -2.21. The highest BCUT2D eigenvalue weighted by Gasteiger charge is 2.11. The molecule has 0 amide bonds. The van der Waals surface area contributed by atoms with Gasteiger partial charge in [0.2, 0.25) is 0 Å². The minimum atomic E-state index is -0.0411. The standard InChI is InChI=1S/C12H15N3O/c1-8-9(2)15(12(16)14(8)3)11-6-4-5-10(13)7-11/h4-7H,13H2,1-3H3. The molecule has 0 fully saturated rings. The lowest BCUT2D eigenvalue weighted by Gasteiger charge is -2.04. The van der Waals surface area contributed by atoms with Crippen molar-refractivity contribution >= 4 is 5.69 Å². The predicted octanol–water partition coefficient (Wildman–Crippen LogP) is 1.38. The third kappa shape index (κ3) is 1.43. The van der Waals surface area contributed by atoms with Crippen molar-refractivity contribution in [3.8, 4) is 5.69 Å². The van der Waals surface area contributed by atoms with Crippen LogP contribution in [-0.2, 0) is 7.05 Å². The summed E-state index contributed by atoms with van der Waals surface area (Å²) in [6.07, 6.45) is 0. The van der Waals surface area contributed by atoms with Gasteiger partial charge in [0.25, 0.3) is 0 Å². The number of hydrogen-bond acceptors (Lipinski definition) is 2. The zero-order valence-corrected chi connectivity index (χ0v) is 9.69. The number of nitrogens with zero attached hydrogens (tertiary/aromatic N) is 2. The van der Waals surface area contributed by atoms with E-state index in [0.29, 0.717) is 5.69 Å². The third-order valence-corrected chi connectivity index (χ3v) is 2.97. The van der Waals surface area contributed by atoms with Gasteiger partial charge in [0.05, 0.1) is 5.69 Å². The molecule has 2 N–H and O–H groups in total. The Morgan fingerprint density at radius 2 is 1.88 bits per heavy atom. The molecule has 0 atom stereocenters. The zero-order chi connectivity index (χ0) is 11.9. The number of imidazole rings is 1. The van der Waals surface area contributed by atoms with Crippen molar-refractivity contribution in [1.29, 1.82) is 0 Å². The summed E-state index contributed by atoms with van der Waals surface area (Å²) in [5, 5.41) is 0. The molecular weight excluding hydrogens is 202 g/mol. The van der Waals surface area contributed by atoms with Gasteiger partial charge in [-0.05, 0) is 32.0 Å². The highest BCUT2D eigenvalue weighted by molar-refractivity contribution is 5.48. The van der Waals surface area contributed by atoms with Gasteiger partial charge in [-0.3, -0.25) is 9.13 Å². The molecule has 4 nitrogen and oxygen atoms in total. The number of rotatable bonds is 1. The number of hydrogen-bond donors (Lipinski definition) is 1. The summed E-state index contributed by atoms with van der Waals surface area (Å²) in [5.41, 5.74) is 9.05. The Morgan fingerprint density at radius 1 is 1.19 bits per heavy atom. The van der Waals surface area contributed by atoms with E-state index in [1.165, 1.54) is 0 Å². The molecule has 0 aliphatic rings. The molecule has 84 valence electrons. The van der Waals surface area contributed by atoms with Gasteiger partial charge in [-0.15, -0.1) is 0 Å². The average molecular weight is 217 g/mol. The van der Waals surface area contributed by atoms with Gasteiger partial charge in [-0.2, -0.15) is 0 Å². The average Bonchev–Trinajstić information content (AvgIpc) is 2.44. The highest BCUT2D eigenvalue weighted by atomic mass is 16.1. The lowest BCUT2D eigenvalue weighted by atomic mass is 10.2. The zero-order valence-electron chi connectivity index (χ0n) is 9.69. The molecule has 1 heterocycles. The number of benzene rings is 1. The van der Waals surface area contributed by atoms with Crippen LogP contribution in [0.5, 0.6) is 0 Å². The van der Waals surface area contributed by atoms with Gasteiger partial charge in [0.15, 0.2) is 0 Å². The van der Waals surface area contributed by atoms with Crippen LogP contribution in [0.2, 0.25) is 0 Å². The van der Waals surface area contributed by atoms with Gasteiger partial charge in [0.1, 0.15) is 0 Å². The van der Waals surface area contributed by atoms with Crippen LogP contribution in [0.25, 0.3) is 5.69 Å². The molecule has 2 rings (SSSR count). The molecule has 16 heavy (non-hydrogen) atoms. The van der Waals surface area contributed by atoms with E-state index in [9.17, 15) is 4.79 Å². The quantitative estimate of drug-likeness (QED) is 0.733. The maximum atomic E-state index is 12.0. The Bertz CT molecular complexity index is 593. The molecule has 0 aliphatic heterocycles. The normalized spacial score (nSPS) is 10.7. The van der Waals surface area contributed by atoms with E-state index in [2.05, 4.69) is 0 Å². The number of anilines is 1. The fourth-order valence-corrected chi connectivity index (χ4v) is 1.81. The van der Waals surface area contributed by atoms with Crippen LogP contribution < -0.4 is 11.4 Å². The van der Waals surface area contributed by atoms with Crippen molar-refractivity contribution < 1.29 is 0 Å². The maximum Gasteiger partial charge on any atom is 0.332 e. The van der Waals surface area contributed by atoms with E-state index in [4.69, 9.17) is 5.73 Å². The first-order chi connectivity index (χ1) is 7.52. The third-order valence-electron chi connectivity index (χ3n) is 2.97. The minimum Gasteiger partial charge on any atom is -0.399 e. The van der Waals surface area contributed by atoms with Crippen molar-refractivity contribution in [2.24, 2.45) is 7.05 Å². The fraction of sp³-hybridized carbons (Fsp3) is 0.250. The summed E-state index contributed by atoms with van der Waals surface area (Å²) in [7, 11) is 1.77. The first-order valence-corrected chi connectivity index (χ1v) is 5.13. The van der Waals surface area contributed by atoms with Crippen molar-refractivity contribution in [3.05, 3.63) is 46.1 Å². The first-order valence-electron chi connectivity index (χ1n) is 5.13. The molecule has 0 bridgehead atoms. The van der Waals surface area contributed by atoms with E-state index in [0.717, 1.165) is 17.1 Å². The van der Waals surface area contributed by atoms with Crippen LogP contribution in [-0.4, -0.2) is 9.13 Å². The second-order valence-electron chi connectivity index (χ2n) is 3.94. The summed E-state index contributed by atoms with van der Waals surface area (Å²) in [4.78, 5) is 12.0. The smallest absolute Gasteiger partial charge is 0.332 e. The highest BCUT2D eigenvalue weighted by Crippen LogP contribution is 2.14. The summed E-state index contributed by atoms with van der Waals surface area (Å²) >= 11 is 0. The van der Waals surface area contributed by atoms with Crippen LogP contribution in [0.15, 0.2) is 29.1 Å². The topological polar surface area (TPSA) is 52.9 Å². The second-order valence-corrected chi connectivity index (χ2v) is 3.94. The number of aromatic nitrogens is 2. The van der Waals surface area contributed by atoms with Crippen LogP contribution in [0.3, 0.4) is 0 Å². The molecule has 2 aromatic rings. The Hall–Kier alpha value is -1.97. The van der Waals surface area contributed by atoms with E-state index in [1.54, 1.807) is 28.3 Å². The summed E-state index contributed by atoms with van der Waals surface area (Å²) in [5.74, 6) is 0. The first kappa shape index (κ1) is 10.5. The Balaban J connectivity index is 2.75. The van der Waals surface area contributed by atoms with E-state index >= 15 is 0 Å². The van der Waals surface area contributed by atoms with Crippen LogP contribution >= 0.6 is 0 Å². The van der Waals surface area contributed by atoms with Crippen LogP contribution in [0.4, 0.5) is 5.69 Å². The molecule has 0 aliphatic carbocycles. The van der Waals surface area contributed by atoms with E-state index in [1.807, 2.05) is 26.0 Å². The van der Waals surface area contributed by atoms with E-state index in [-0.39, 0.29) is 5.69 Å². The number of nitrogens with two attached hydrogens (primary N) is 1. The van der Waals surface area contributed by atoms with Crippen LogP contribution in [0, 0.1) is 13.8 Å². The van der Waals surface area contributed by atoms with E-state index < -0.39 is 0 Å². The molecule has 0 saturated heterocycles. The molecule has 4 heteroatoms. The lowest BCUT2D eigenvalue weighted by molar-refractivity contribution is 0.803. The predicted molar refractivity (Wildman–Crippen MR) is 64.9 cm³/mol. The largest absolute Gasteiger partial charge is 0.399 e. The minimum absolute atomic E-state index is 0.0411. The summed E-state index contributed by atoms with van der Waals surface area (Å²) in [6, 6.07) is 7.33. The second kappa shape index (κ2) is 3.56. The van der Waals surface area contributed by atoms with Crippen molar-refractivity contribution in [2.45, 2.75) is 13.8 Å². The van der Waals surface area contributed by atoms with Crippen LogP contribution in [0.1, 0.15) is 11.4 Å². The molecule has 0 spiro atoms. The monoisotopic (exact) mass is 217 g/mol. The Kier molecular flexibility index (Phi) is 2.34. The Morgan fingerprint density at radius 3 is 2.38 bits per heavy atom. The fourth-order valence-electron chi connectivity index (χ4n) is 1.81. The molecule has 1 aromatic carbocycles. The van der Waals surface area contributed by atoms with Crippen molar-refractivity contribution in [2.75, 3.05) is 5.73 Å². The van der Waals surface area contributed by atoms with Gasteiger partial charge < -0.3 is 5.73 Å². The van der Waals surface area contributed by atoms with Gasteiger partial charge in [0, 0.05) is 24.1 Å². The van der Waals surface area contributed by atoms with Crippen molar-refractivity contribution in [1.82, 2.24) is 9.13 Å². The molecule has 0 saturated carbocycles. The number of nitrogen functional groups attached to an aromatic ring is 1. The maximum absolute atomic E-state index is 12.0. The SMILES string of the molecule is Cc1c(C)n(-c2cccc(N)c2)c(=O)n1C. The van der Waals surface area contributed by atoms with Crippen molar-refractivity contribution in [3.63, 3.8) is 0 Å². The molecular formula is C12H15N3O. The molecule has 1 aromatic heterocycles. The van der Waals surface area contributed by atoms with Gasteiger partial charge in [-0.25, -0.2) is 4.79 Å². The van der Waals surface area contributed by atoms with Gasteiger partial charge >= 0.3 is 5.69 Å². The summed E-state index contributed by atoms with van der Waals surface area (Å²) < 4.78 is 3.31. The Labute approximate surface area is 93.9 Å². The summed E-state index contributed by atoms with van der Waals surface area (Å²) in [6.45, 7) is 3.86.